The minimum atomic E-state index is -1.17. The summed E-state index contributed by atoms with van der Waals surface area (Å²) in [6.07, 6.45) is 58.4. The molecule has 0 radical (unpaired) electrons. The van der Waals surface area contributed by atoms with Gasteiger partial charge in [0.25, 0.3) is 0 Å². The molecule has 0 aromatic carbocycles. The maximum Gasteiger partial charge on any atom is 0.220 e. The number of carbonyl (C=O) groups excluding carboxylic acids is 1. The van der Waals surface area contributed by atoms with Gasteiger partial charge < -0.3 is 20.6 Å². The second-order valence-electron chi connectivity index (χ2n) is 17.0. The molecule has 4 N–H and O–H groups in total. The van der Waals surface area contributed by atoms with Gasteiger partial charge in [0.2, 0.25) is 5.91 Å². The van der Waals surface area contributed by atoms with E-state index in [1.807, 2.05) is 0 Å². The van der Waals surface area contributed by atoms with Crippen molar-refractivity contribution in [1.82, 2.24) is 5.32 Å². The number of hydrogen-bond donors (Lipinski definition) is 4. The minimum Gasteiger partial charge on any atom is -0.394 e. The normalized spacial score (nSPS) is 13.7. The first-order valence-corrected chi connectivity index (χ1v) is 24.8. The standard InChI is InChI=1S/C51H97NO4/c1-3-5-7-9-11-13-15-17-19-21-23-25-26-27-29-31-33-35-37-39-41-43-45-49(54)51(56)48(47-53)52-50(55)46-44-42-40-38-36-34-32-30-28-24-22-20-18-16-14-12-10-8-6-4-2/h24,28-29,31,37,39,48-49,51,53-54,56H,3-23,25-27,30,32-36,38,40-47H2,1-2H3,(H,52,55)/b28-24-,31-29+,39-37+. The summed E-state index contributed by atoms with van der Waals surface area (Å²) in [6.45, 7) is 4.18. The largest absolute Gasteiger partial charge is 0.394 e. The van der Waals surface area contributed by atoms with Crippen LogP contribution in [-0.4, -0.2) is 46.1 Å². The van der Waals surface area contributed by atoms with Crippen LogP contribution >= 0.6 is 0 Å². The monoisotopic (exact) mass is 788 g/mol. The molecular weight excluding hydrogens is 691 g/mol. The smallest absolute Gasteiger partial charge is 0.220 e. The minimum absolute atomic E-state index is 0.161. The summed E-state index contributed by atoms with van der Waals surface area (Å²) < 4.78 is 0. The molecule has 0 saturated heterocycles. The fraction of sp³-hybridized carbons (Fsp3) is 0.863. The van der Waals surface area contributed by atoms with Gasteiger partial charge in [-0.25, -0.2) is 0 Å². The summed E-state index contributed by atoms with van der Waals surface area (Å²) in [6, 6.07) is -0.835. The highest BCUT2D eigenvalue weighted by atomic mass is 16.3. The third-order valence-corrected chi connectivity index (χ3v) is 11.4. The van der Waals surface area contributed by atoms with Crippen LogP contribution in [0.1, 0.15) is 258 Å². The van der Waals surface area contributed by atoms with Crippen molar-refractivity contribution in [2.24, 2.45) is 0 Å². The Balaban J connectivity index is 3.66. The van der Waals surface area contributed by atoms with E-state index in [0.717, 1.165) is 44.9 Å². The highest BCUT2D eigenvalue weighted by Gasteiger charge is 2.26. The summed E-state index contributed by atoms with van der Waals surface area (Å²) in [5, 5.41) is 33.6. The lowest BCUT2D eigenvalue weighted by Gasteiger charge is -2.26. The summed E-state index contributed by atoms with van der Waals surface area (Å²) in [5.74, 6) is -0.161. The van der Waals surface area contributed by atoms with E-state index >= 15 is 0 Å². The van der Waals surface area contributed by atoms with Gasteiger partial charge in [-0.2, -0.15) is 0 Å². The fourth-order valence-corrected chi connectivity index (χ4v) is 7.59. The number of unbranched alkanes of at least 4 members (excludes halogenated alkanes) is 31. The Kier molecular flexibility index (Phi) is 45.1. The summed E-state index contributed by atoms with van der Waals surface area (Å²) >= 11 is 0. The van der Waals surface area contributed by atoms with Gasteiger partial charge in [0.1, 0.15) is 6.10 Å². The fourth-order valence-electron chi connectivity index (χ4n) is 7.59. The van der Waals surface area contributed by atoms with Crippen LogP contribution in [0.3, 0.4) is 0 Å². The van der Waals surface area contributed by atoms with Crippen LogP contribution in [0.4, 0.5) is 0 Å². The van der Waals surface area contributed by atoms with Gasteiger partial charge in [0.05, 0.1) is 18.8 Å². The quantitative estimate of drug-likeness (QED) is 0.0365. The van der Waals surface area contributed by atoms with Gasteiger partial charge >= 0.3 is 0 Å². The molecule has 0 heterocycles. The number of carbonyl (C=O) groups is 1. The third kappa shape index (κ3) is 40.8. The molecule has 5 nitrogen and oxygen atoms in total. The molecule has 0 aliphatic rings. The molecule has 0 fully saturated rings. The summed E-state index contributed by atoms with van der Waals surface area (Å²) in [5.41, 5.74) is 0. The lowest BCUT2D eigenvalue weighted by atomic mass is 10.0. The average Bonchev–Trinajstić information content (AvgIpc) is 3.20. The van der Waals surface area contributed by atoms with E-state index in [2.05, 4.69) is 55.6 Å². The van der Waals surface area contributed by atoms with Crippen molar-refractivity contribution in [2.75, 3.05) is 6.61 Å². The number of allylic oxidation sites excluding steroid dienone is 6. The molecule has 0 aromatic heterocycles. The zero-order valence-corrected chi connectivity index (χ0v) is 37.5. The Hall–Kier alpha value is -1.43. The second kappa shape index (κ2) is 46.3. The Morgan fingerprint density at radius 3 is 1.09 bits per heavy atom. The van der Waals surface area contributed by atoms with Crippen LogP contribution in [0, 0.1) is 0 Å². The maximum absolute atomic E-state index is 12.5. The van der Waals surface area contributed by atoms with Crippen LogP contribution in [0.15, 0.2) is 36.5 Å². The van der Waals surface area contributed by atoms with Gasteiger partial charge in [0.15, 0.2) is 0 Å². The van der Waals surface area contributed by atoms with Crippen molar-refractivity contribution < 1.29 is 20.1 Å². The predicted molar refractivity (Wildman–Crippen MR) is 245 cm³/mol. The average molecular weight is 788 g/mol. The molecule has 0 aromatic rings. The van der Waals surface area contributed by atoms with Crippen LogP contribution in [0.5, 0.6) is 0 Å². The van der Waals surface area contributed by atoms with Crippen LogP contribution in [-0.2, 0) is 4.79 Å². The lowest BCUT2D eigenvalue weighted by Crippen LogP contribution is -2.50. The molecule has 0 saturated carbocycles. The molecule has 3 atom stereocenters. The number of aliphatic hydroxyl groups excluding tert-OH is 3. The van der Waals surface area contributed by atoms with Gasteiger partial charge in [0, 0.05) is 6.42 Å². The molecule has 1 amide bonds. The maximum atomic E-state index is 12.5. The van der Waals surface area contributed by atoms with Crippen molar-refractivity contribution in [2.45, 2.75) is 276 Å². The second-order valence-corrected chi connectivity index (χ2v) is 17.0. The topological polar surface area (TPSA) is 89.8 Å². The molecular formula is C51H97NO4. The van der Waals surface area contributed by atoms with Gasteiger partial charge in [-0.3, -0.25) is 4.79 Å². The highest BCUT2D eigenvalue weighted by Crippen LogP contribution is 2.15. The van der Waals surface area contributed by atoms with Crippen molar-refractivity contribution in [3.05, 3.63) is 36.5 Å². The Morgan fingerprint density at radius 2 is 0.732 bits per heavy atom. The van der Waals surface area contributed by atoms with Crippen LogP contribution < -0.4 is 5.32 Å². The molecule has 0 bridgehead atoms. The van der Waals surface area contributed by atoms with Crippen molar-refractivity contribution >= 4 is 5.91 Å². The highest BCUT2D eigenvalue weighted by molar-refractivity contribution is 5.76. The molecule has 56 heavy (non-hydrogen) atoms. The molecule has 0 rings (SSSR count). The van der Waals surface area contributed by atoms with Gasteiger partial charge in [-0.05, 0) is 77.0 Å². The van der Waals surface area contributed by atoms with E-state index in [4.69, 9.17) is 0 Å². The number of rotatable bonds is 45. The van der Waals surface area contributed by atoms with E-state index in [9.17, 15) is 20.1 Å². The molecule has 330 valence electrons. The van der Waals surface area contributed by atoms with E-state index in [-0.39, 0.29) is 12.5 Å². The number of hydrogen-bond acceptors (Lipinski definition) is 4. The molecule has 3 unspecified atom stereocenters. The summed E-state index contributed by atoms with van der Waals surface area (Å²) in [4.78, 5) is 12.5. The zero-order valence-electron chi connectivity index (χ0n) is 37.5. The third-order valence-electron chi connectivity index (χ3n) is 11.4. The Bertz CT molecular complexity index is 870. The van der Waals surface area contributed by atoms with Gasteiger partial charge in [-0.1, -0.05) is 211 Å². The van der Waals surface area contributed by atoms with Crippen LogP contribution in [0.25, 0.3) is 0 Å². The molecule has 0 aliphatic heterocycles. The molecule has 0 spiro atoms. The predicted octanol–water partition coefficient (Wildman–Crippen LogP) is 14.7. The van der Waals surface area contributed by atoms with E-state index in [1.165, 1.54) is 186 Å². The van der Waals surface area contributed by atoms with Crippen molar-refractivity contribution in [1.29, 1.82) is 0 Å². The Morgan fingerprint density at radius 1 is 0.429 bits per heavy atom. The zero-order chi connectivity index (χ0) is 40.8. The van der Waals surface area contributed by atoms with Crippen molar-refractivity contribution in [3.63, 3.8) is 0 Å². The van der Waals surface area contributed by atoms with Gasteiger partial charge in [-0.15, -0.1) is 0 Å². The van der Waals surface area contributed by atoms with Crippen LogP contribution in [0.2, 0.25) is 0 Å². The number of amides is 1. The SMILES string of the molecule is CCCCCCCCCCC/C=C\CCCCCCCCCC(=O)NC(CO)C(O)C(O)CCC/C=C/CC/C=C/CCCCCCCCCCCCCCC. The molecule has 5 heteroatoms. The number of aliphatic hydroxyl groups is 3. The first kappa shape index (κ1) is 54.6. The van der Waals surface area contributed by atoms with E-state index in [0.29, 0.717) is 12.8 Å². The first-order chi connectivity index (χ1) is 27.6. The lowest BCUT2D eigenvalue weighted by molar-refractivity contribution is -0.124. The Labute approximate surface area is 349 Å². The van der Waals surface area contributed by atoms with E-state index < -0.39 is 18.2 Å². The number of nitrogens with one attached hydrogen (secondary N) is 1. The van der Waals surface area contributed by atoms with Crippen molar-refractivity contribution in [3.8, 4) is 0 Å². The first-order valence-electron chi connectivity index (χ1n) is 24.8. The van der Waals surface area contributed by atoms with E-state index in [1.54, 1.807) is 0 Å². The molecule has 0 aliphatic carbocycles. The summed E-state index contributed by atoms with van der Waals surface area (Å²) in [7, 11) is 0.